The fraction of sp³-hybridized carbons (Fsp3) is 0.440. The van der Waals surface area contributed by atoms with Gasteiger partial charge in [-0.05, 0) is 23.6 Å². The van der Waals surface area contributed by atoms with Gasteiger partial charge in [-0.2, -0.15) is 5.10 Å². The van der Waals surface area contributed by atoms with Crippen LogP contribution in [0.2, 0.25) is 0 Å². The molecule has 1 fully saturated rings. The summed E-state index contributed by atoms with van der Waals surface area (Å²) in [5.74, 6) is 0. The fourth-order valence-electron chi connectivity index (χ4n) is 4.50. The van der Waals surface area contributed by atoms with Gasteiger partial charge in [0, 0.05) is 55.6 Å². The van der Waals surface area contributed by atoms with E-state index in [0.29, 0.717) is 0 Å². The third kappa shape index (κ3) is 5.94. The van der Waals surface area contributed by atoms with Gasteiger partial charge in [0.1, 0.15) is 0 Å². The Morgan fingerprint density at radius 1 is 1.21 bits per heavy atom. The number of fused-ring (bicyclic) bond motifs is 1. The maximum absolute atomic E-state index is 9.35. The normalized spacial score (nSPS) is 17.2. The van der Waals surface area contributed by atoms with E-state index in [4.69, 9.17) is 5.10 Å². The number of rotatable bonds is 7. The molecule has 2 N–H and O–H groups in total. The van der Waals surface area contributed by atoms with Crippen LogP contribution < -0.4 is 5.32 Å². The topological polar surface area (TPSA) is 65.7 Å². The van der Waals surface area contributed by atoms with E-state index in [9.17, 15) is 5.11 Å². The van der Waals surface area contributed by atoms with Crippen LogP contribution in [0.3, 0.4) is 0 Å². The second kappa shape index (κ2) is 12.0. The fourth-order valence-corrected chi connectivity index (χ4v) is 4.50. The zero-order chi connectivity index (χ0) is 21.8. The molecule has 33 heavy (non-hydrogen) atoms. The summed E-state index contributed by atoms with van der Waals surface area (Å²) < 4.78 is 1.89. The van der Waals surface area contributed by atoms with Gasteiger partial charge in [-0.15, -0.1) is 24.8 Å². The number of hydrogen-bond donors (Lipinski definition) is 2. The van der Waals surface area contributed by atoms with Gasteiger partial charge >= 0.3 is 0 Å². The number of benzene rings is 1. The highest BCUT2D eigenvalue weighted by atomic mass is 35.5. The van der Waals surface area contributed by atoms with Crippen LogP contribution in [0.1, 0.15) is 43.2 Å². The Kier molecular flexibility index (Phi) is 9.88. The maximum Gasteiger partial charge on any atom is 0.159 e. The molecule has 180 valence electrons. The van der Waals surface area contributed by atoms with E-state index in [1.165, 1.54) is 16.7 Å². The van der Waals surface area contributed by atoms with Crippen LogP contribution in [-0.4, -0.2) is 63.4 Å². The zero-order valence-corrected chi connectivity index (χ0v) is 21.2. The predicted molar refractivity (Wildman–Crippen MR) is 140 cm³/mol. The number of aryl methyl sites for hydroxylation is 1. The van der Waals surface area contributed by atoms with Gasteiger partial charge in [0.05, 0.1) is 12.3 Å². The lowest BCUT2D eigenvalue weighted by molar-refractivity contribution is 0.158. The predicted octanol–water partition coefficient (Wildman–Crippen LogP) is 3.74. The van der Waals surface area contributed by atoms with Crippen LogP contribution in [0, 0.1) is 0 Å². The minimum atomic E-state index is -0.191. The molecule has 1 saturated heterocycles. The van der Waals surface area contributed by atoms with Crippen LogP contribution in [0.5, 0.6) is 0 Å². The highest BCUT2D eigenvalue weighted by Gasteiger charge is 2.30. The number of nitrogens with one attached hydrogen (secondary N) is 1. The first-order chi connectivity index (χ1) is 15.0. The summed E-state index contributed by atoms with van der Waals surface area (Å²) in [6.07, 6.45) is 9.08. The van der Waals surface area contributed by atoms with E-state index in [1.807, 2.05) is 23.0 Å². The monoisotopic (exact) mass is 491 g/mol. The van der Waals surface area contributed by atoms with Gasteiger partial charge in [0.2, 0.25) is 0 Å². The summed E-state index contributed by atoms with van der Waals surface area (Å²) in [6.45, 7) is 10.6. The molecule has 3 heterocycles. The lowest BCUT2D eigenvalue weighted by Gasteiger charge is -2.31. The molecule has 0 saturated carbocycles. The van der Waals surface area contributed by atoms with Crippen molar-refractivity contribution in [3.05, 3.63) is 71.2 Å². The Labute approximate surface area is 208 Å². The number of aliphatic hydroxyl groups is 1. The van der Waals surface area contributed by atoms with Crippen molar-refractivity contribution in [3.63, 3.8) is 0 Å². The number of piperazine rings is 1. The van der Waals surface area contributed by atoms with Gasteiger partial charge in [-0.25, -0.2) is 9.50 Å². The molecule has 6 nitrogen and oxygen atoms in total. The van der Waals surface area contributed by atoms with Crippen LogP contribution in [-0.2, 0) is 11.8 Å². The van der Waals surface area contributed by atoms with Gasteiger partial charge in [0.25, 0.3) is 0 Å². The Bertz CT molecular complexity index is 1050. The van der Waals surface area contributed by atoms with Crippen molar-refractivity contribution in [3.8, 4) is 0 Å². The van der Waals surface area contributed by atoms with Crippen molar-refractivity contribution in [1.82, 2.24) is 24.8 Å². The minimum Gasteiger partial charge on any atom is -0.395 e. The number of aliphatic hydroxyl groups excluding tert-OH is 1. The smallest absolute Gasteiger partial charge is 0.159 e. The lowest BCUT2D eigenvalue weighted by Crippen LogP contribution is -2.52. The quantitative estimate of drug-likeness (QED) is 0.526. The summed E-state index contributed by atoms with van der Waals surface area (Å²) in [4.78, 5) is 6.99. The highest BCUT2D eigenvalue weighted by Crippen LogP contribution is 2.36. The third-order valence-corrected chi connectivity index (χ3v) is 6.29. The summed E-state index contributed by atoms with van der Waals surface area (Å²) in [6, 6.07) is 10.9. The zero-order valence-electron chi connectivity index (χ0n) is 19.6. The molecular weight excluding hydrogens is 457 g/mol. The lowest BCUT2D eigenvalue weighted by atomic mass is 9.77. The molecule has 0 bridgehead atoms. The molecule has 2 aromatic heterocycles. The van der Waals surface area contributed by atoms with Gasteiger partial charge in [0.15, 0.2) is 5.65 Å². The van der Waals surface area contributed by atoms with Crippen LogP contribution in [0.25, 0.3) is 11.7 Å². The average Bonchev–Trinajstić information content (AvgIpc) is 3.19. The summed E-state index contributed by atoms with van der Waals surface area (Å²) in [7, 11) is 0. The van der Waals surface area contributed by atoms with Crippen molar-refractivity contribution in [2.75, 3.05) is 32.8 Å². The molecule has 0 amide bonds. The van der Waals surface area contributed by atoms with E-state index >= 15 is 0 Å². The molecule has 1 aromatic carbocycles. The Morgan fingerprint density at radius 3 is 2.67 bits per heavy atom. The van der Waals surface area contributed by atoms with Crippen molar-refractivity contribution in [2.45, 2.75) is 38.6 Å². The van der Waals surface area contributed by atoms with E-state index < -0.39 is 0 Å². The molecule has 0 radical (unpaired) electrons. The molecule has 1 aliphatic heterocycles. The SMILES string of the molecule is CCc1nn2cccnc2c1C(C)(C)c1ccc(C=CCN2CCNC(CO)C2)cc1.Cl.Cl. The van der Waals surface area contributed by atoms with Crippen LogP contribution in [0.4, 0.5) is 0 Å². The van der Waals surface area contributed by atoms with Gasteiger partial charge in [-0.3, -0.25) is 4.90 Å². The second-order valence-corrected chi connectivity index (χ2v) is 8.81. The first-order valence-electron chi connectivity index (χ1n) is 11.2. The molecule has 4 rings (SSSR count). The Balaban J connectivity index is 0.00000193. The minimum absolute atomic E-state index is 0. The Hall–Kier alpha value is -1.96. The van der Waals surface area contributed by atoms with Crippen LogP contribution in [0.15, 0.2) is 48.8 Å². The van der Waals surface area contributed by atoms with Gasteiger partial charge < -0.3 is 10.4 Å². The van der Waals surface area contributed by atoms with Crippen molar-refractivity contribution >= 4 is 36.5 Å². The molecule has 8 heteroatoms. The third-order valence-electron chi connectivity index (χ3n) is 6.29. The number of hydrogen-bond acceptors (Lipinski definition) is 5. The first-order valence-corrected chi connectivity index (χ1v) is 11.2. The van der Waals surface area contributed by atoms with Crippen molar-refractivity contribution in [2.24, 2.45) is 0 Å². The summed E-state index contributed by atoms with van der Waals surface area (Å²) in [5.41, 5.74) is 5.51. The summed E-state index contributed by atoms with van der Waals surface area (Å²) >= 11 is 0. The number of aromatic nitrogens is 3. The van der Waals surface area contributed by atoms with Crippen molar-refractivity contribution < 1.29 is 5.11 Å². The van der Waals surface area contributed by atoms with E-state index in [-0.39, 0.29) is 42.9 Å². The molecule has 1 unspecified atom stereocenters. The van der Waals surface area contributed by atoms with Crippen molar-refractivity contribution in [1.29, 1.82) is 0 Å². The average molecular weight is 492 g/mol. The van der Waals surface area contributed by atoms with E-state index in [2.05, 4.69) is 72.4 Å². The second-order valence-electron chi connectivity index (χ2n) is 8.81. The molecule has 1 aliphatic rings. The Morgan fingerprint density at radius 2 is 1.97 bits per heavy atom. The standard InChI is InChI=1S/C25H33N5O.2ClH/c1-4-22-23(24-27-12-6-15-30(24)28-22)25(2,3)20-10-8-19(9-11-20)7-5-14-29-16-13-26-21(17-29)18-31;;/h5-12,15,21,26,31H,4,13-14,16-18H2,1-3H3;2*1H. The largest absolute Gasteiger partial charge is 0.395 e. The van der Waals surface area contributed by atoms with E-state index in [1.54, 1.807) is 0 Å². The van der Waals surface area contributed by atoms with Crippen LogP contribution >= 0.6 is 24.8 Å². The van der Waals surface area contributed by atoms with E-state index in [0.717, 1.165) is 43.9 Å². The van der Waals surface area contributed by atoms with Gasteiger partial charge in [-0.1, -0.05) is 57.2 Å². The molecule has 1 atom stereocenters. The highest BCUT2D eigenvalue weighted by molar-refractivity contribution is 5.85. The molecule has 3 aromatic rings. The molecular formula is C25H35Cl2N5O. The molecule has 0 aliphatic carbocycles. The first kappa shape index (κ1) is 27.3. The summed E-state index contributed by atoms with van der Waals surface area (Å²) in [5, 5.41) is 17.4. The number of nitrogens with zero attached hydrogens (tertiary/aromatic N) is 4. The number of halogens is 2. The maximum atomic E-state index is 9.35. The molecule has 0 spiro atoms.